The molecule has 3 rings (SSSR count). The smallest absolute Gasteiger partial charge is 0.219 e. The van der Waals surface area contributed by atoms with Crippen LogP contribution in [0.3, 0.4) is 0 Å². The third-order valence-electron chi connectivity index (χ3n) is 5.31. The number of pyridine rings is 1. The second-order valence-corrected chi connectivity index (χ2v) is 7.67. The molecule has 7 nitrogen and oxygen atoms in total. The maximum Gasteiger partial charge on any atom is 0.219 e. The van der Waals surface area contributed by atoms with Crippen LogP contribution < -0.4 is 20.1 Å². The maximum atomic E-state index is 5.89. The number of rotatable bonds is 9. The van der Waals surface area contributed by atoms with E-state index in [1.165, 1.54) is 13.0 Å². The molecule has 1 aliphatic heterocycles. The van der Waals surface area contributed by atoms with Crippen molar-refractivity contribution < 1.29 is 9.47 Å². The highest BCUT2D eigenvalue weighted by atomic mass is 127. The van der Waals surface area contributed by atoms with Crippen LogP contribution in [0.4, 0.5) is 0 Å². The van der Waals surface area contributed by atoms with Crippen molar-refractivity contribution in [3.05, 3.63) is 48.2 Å². The minimum atomic E-state index is 0. The number of nitrogens with zero attached hydrogens (tertiary/aromatic N) is 3. The summed E-state index contributed by atoms with van der Waals surface area (Å²) in [7, 11) is 1.81. The molecule has 0 spiro atoms. The molecular weight excluding hydrogens is 517 g/mol. The van der Waals surface area contributed by atoms with E-state index in [0.717, 1.165) is 37.5 Å². The molecule has 0 atom stereocenters. The number of aliphatic imine (C=N–C) groups is 1. The number of benzene rings is 1. The van der Waals surface area contributed by atoms with Gasteiger partial charge in [-0.15, -0.1) is 24.0 Å². The molecule has 1 aliphatic rings. The van der Waals surface area contributed by atoms with Gasteiger partial charge in [-0.05, 0) is 50.4 Å². The second kappa shape index (κ2) is 14.2. The standard InChI is InChI=1S/C24H35N5O2.HI/c1-4-14-29-15-12-20(13-16-29)28-24(25-3)27-18-19-10-11-23(26-17-19)31-22-9-7-6-8-21(22)30-5-2;/h6-11,17,20H,4-5,12-16,18H2,1-3H3,(H2,25,27,28);1H. The Kier molecular flexibility index (Phi) is 11.6. The molecule has 2 heterocycles. The summed E-state index contributed by atoms with van der Waals surface area (Å²) >= 11 is 0. The number of likely N-dealkylation sites (tertiary alicyclic amines) is 1. The van der Waals surface area contributed by atoms with E-state index in [1.807, 2.05) is 56.6 Å². The maximum absolute atomic E-state index is 5.89. The molecule has 1 saturated heterocycles. The third kappa shape index (κ3) is 8.12. The van der Waals surface area contributed by atoms with E-state index in [4.69, 9.17) is 9.47 Å². The van der Waals surface area contributed by atoms with Gasteiger partial charge in [0.05, 0.1) is 6.61 Å². The van der Waals surface area contributed by atoms with Crippen LogP contribution in [0.1, 0.15) is 38.7 Å². The van der Waals surface area contributed by atoms with Crippen LogP contribution in [0, 0.1) is 0 Å². The first-order valence-electron chi connectivity index (χ1n) is 11.3. The molecule has 0 unspecified atom stereocenters. The van der Waals surface area contributed by atoms with Gasteiger partial charge in [-0.1, -0.05) is 25.1 Å². The van der Waals surface area contributed by atoms with Crippen molar-refractivity contribution in [3.8, 4) is 17.4 Å². The van der Waals surface area contributed by atoms with Crippen LogP contribution in [-0.2, 0) is 6.54 Å². The first kappa shape index (κ1) is 26.2. The average Bonchev–Trinajstić information content (AvgIpc) is 2.80. The van der Waals surface area contributed by atoms with E-state index in [9.17, 15) is 0 Å². The zero-order chi connectivity index (χ0) is 21.9. The van der Waals surface area contributed by atoms with Gasteiger partial charge in [0.25, 0.3) is 0 Å². The number of nitrogens with one attached hydrogen (secondary N) is 2. The lowest BCUT2D eigenvalue weighted by Gasteiger charge is -2.32. The molecule has 1 aromatic heterocycles. The van der Waals surface area contributed by atoms with Crippen molar-refractivity contribution in [1.29, 1.82) is 0 Å². The highest BCUT2D eigenvalue weighted by Gasteiger charge is 2.19. The number of hydrogen-bond acceptors (Lipinski definition) is 5. The van der Waals surface area contributed by atoms with Gasteiger partial charge in [0.15, 0.2) is 17.5 Å². The van der Waals surface area contributed by atoms with Crippen LogP contribution in [0.5, 0.6) is 17.4 Å². The Morgan fingerprint density at radius 2 is 1.88 bits per heavy atom. The van der Waals surface area contributed by atoms with Crippen LogP contribution >= 0.6 is 24.0 Å². The van der Waals surface area contributed by atoms with Crippen molar-refractivity contribution in [2.24, 2.45) is 4.99 Å². The fourth-order valence-corrected chi connectivity index (χ4v) is 3.69. The molecule has 8 heteroatoms. The van der Waals surface area contributed by atoms with E-state index in [2.05, 4.69) is 32.4 Å². The molecule has 2 N–H and O–H groups in total. The summed E-state index contributed by atoms with van der Waals surface area (Å²) in [6.07, 6.45) is 5.34. The lowest BCUT2D eigenvalue weighted by atomic mass is 10.1. The SMILES string of the molecule is CCCN1CCC(NC(=NC)NCc2ccc(Oc3ccccc3OCC)nc2)CC1.I. The van der Waals surface area contributed by atoms with Gasteiger partial charge in [0.2, 0.25) is 5.88 Å². The molecule has 0 saturated carbocycles. The lowest BCUT2D eigenvalue weighted by Crippen LogP contribution is -2.48. The van der Waals surface area contributed by atoms with Gasteiger partial charge in [-0.3, -0.25) is 4.99 Å². The third-order valence-corrected chi connectivity index (χ3v) is 5.31. The predicted molar refractivity (Wildman–Crippen MR) is 140 cm³/mol. The quantitative estimate of drug-likeness (QED) is 0.272. The van der Waals surface area contributed by atoms with Gasteiger partial charge in [0.1, 0.15) is 0 Å². The highest BCUT2D eigenvalue weighted by Crippen LogP contribution is 2.30. The zero-order valence-electron chi connectivity index (χ0n) is 19.3. The molecule has 0 amide bonds. The molecule has 0 bridgehead atoms. The predicted octanol–water partition coefficient (Wildman–Crippen LogP) is 4.43. The normalized spacial score (nSPS) is 15.0. The van der Waals surface area contributed by atoms with Gasteiger partial charge in [-0.2, -0.15) is 0 Å². The number of guanidine groups is 1. The Morgan fingerprint density at radius 1 is 1.12 bits per heavy atom. The van der Waals surface area contributed by atoms with Gasteiger partial charge in [-0.25, -0.2) is 4.98 Å². The van der Waals surface area contributed by atoms with Crippen molar-refractivity contribution in [1.82, 2.24) is 20.5 Å². The number of ether oxygens (including phenoxy) is 2. The van der Waals surface area contributed by atoms with E-state index >= 15 is 0 Å². The number of aromatic nitrogens is 1. The van der Waals surface area contributed by atoms with Gasteiger partial charge >= 0.3 is 0 Å². The minimum absolute atomic E-state index is 0. The van der Waals surface area contributed by atoms with E-state index < -0.39 is 0 Å². The summed E-state index contributed by atoms with van der Waals surface area (Å²) in [6, 6.07) is 12.0. The van der Waals surface area contributed by atoms with E-state index in [0.29, 0.717) is 36.6 Å². The van der Waals surface area contributed by atoms with E-state index in [-0.39, 0.29) is 24.0 Å². The molecule has 0 aliphatic carbocycles. The number of hydrogen-bond donors (Lipinski definition) is 2. The summed E-state index contributed by atoms with van der Waals surface area (Å²) in [4.78, 5) is 11.3. The Hall–Kier alpha value is -2.07. The summed E-state index contributed by atoms with van der Waals surface area (Å²) < 4.78 is 11.5. The Balaban J connectivity index is 0.00000363. The number of piperidine rings is 1. The lowest BCUT2D eigenvalue weighted by molar-refractivity contribution is 0.206. The van der Waals surface area contributed by atoms with Gasteiger partial charge in [0, 0.05) is 45.0 Å². The molecule has 2 aromatic rings. The highest BCUT2D eigenvalue weighted by molar-refractivity contribution is 14.0. The average molecular weight is 553 g/mol. The largest absolute Gasteiger partial charge is 0.490 e. The zero-order valence-corrected chi connectivity index (χ0v) is 21.7. The van der Waals surface area contributed by atoms with Crippen LogP contribution in [-0.4, -0.2) is 55.2 Å². The summed E-state index contributed by atoms with van der Waals surface area (Å²) in [5.74, 6) is 2.75. The van der Waals surface area contributed by atoms with Crippen molar-refractivity contribution >= 4 is 29.9 Å². The number of para-hydroxylation sites is 2. The molecule has 32 heavy (non-hydrogen) atoms. The fraction of sp³-hybridized carbons (Fsp3) is 0.500. The van der Waals surface area contributed by atoms with E-state index in [1.54, 1.807) is 0 Å². The summed E-state index contributed by atoms with van der Waals surface area (Å²) in [6.45, 7) is 8.94. The Morgan fingerprint density at radius 3 is 2.50 bits per heavy atom. The minimum Gasteiger partial charge on any atom is -0.490 e. The molecule has 176 valence electrons. The number of halogens is 1. The van der Waals surface area contributed by atoms with Gasteiger partial charge < -0.3 is 25.0 Å². The second-order valence-electron chi connectivity index (χ2n) is 7.67. The molecular formula is C24H36IN5O2. The van der Waals surface area contributed by atoms with Crippen molar-refractivity contribution in [3.63, 3.8) is 0 Å². The Bertz CT molecular complexity index is 823. The summed E-state index contributed by atoms with van der Waals surface area (Å²) in [5.41, 5.74) is 1.06. The monoisotopic (exact) mass is 553 g/mol. The fourth-order valence-electron chi connectivity index (χ4n) is 3.69. The topological polar surface area (TPSA) is 71.0 Å². The summed E-state index contributed by atoms with van der Waals surface area (Å²) in [5, 5.41) is 6.94. The van der Waals surface area contributed by atoms with Crippen LogP contribution in [0.2, 0.25) is 0 Å². The Labute approximate surface area is 209 Å². The molecule has 1 aromatic carbocycles. The first-order valence-corrected chi connectivity index (χ1v) is 11.3. The van der Waals surface area contributed by atoms with Crippen molar-refractivity contribution in [2.75, 3.05) is 33.3 Å². The van der Waals surface area contributed by atoms with Crippen LogP contribution in [0.15, 0.2) is 47.6 Å². The molecule has 1 fully saturated rings. The first-order chi connectivity index (χ1) is 15.2. The van der Waals surface area contributed by atoms with Crippen molar-refractivity contribution in [2.45, 2.75) is 45.7 Å². The van der Waals surface area contributed by atoms with Crippen LogP contribution in [0.25, 0.3) is 0 Å². The molecule has 0 radical (unpaired) electrons.